The molecule has 0 aliphatic rings. The Kier molecular flexibility index (Phi) is 4.90. The van der Waals surface area contributed by atoms with Crippen molar-refractivity contribution < 1.29 is 19.4 Å². The second kappa shape index (κ2) is 6.85. The van der Waals surface area contributed by atoms with Crippen molar-refractivity contribution in [3.05, 3.63) is 47.5 Å². The molecule has 0 saturated heterocycles. The van der Waals surface area contributed by atoms with Crippen LogP contribution in [0.2, 0.25) is 5.02 Å². The normalized spacial score (nSPS) is 10.0. The first-order valence-electron chi connectivity index (χ1n) is 6.13. The number of ether oxygens (including phenoxy) is 2. The average Bonchev–Trinajstić information content (AvgIpc) is 2.49. The highest BCUT2D eigenvalue weighted by atomic mass is 35.5. The highest BCUT2D eigenvalue weighted by molar-refractivity contribution is 6.31. The summed E-state index contributed by atoms with van der Waals surface area (Å²) in [6.07, 6.45) is 0. The van der Waals surface area contributed by atoms with Gasteiger partial charge in [0.15, 0.2) is 6.61 Å². The van der Waals surface area contributed by atoms with Gasteiger partial charge in [-0.1, -0.05) is 17.7 Å². The van der Waals surface area contributed by atoms with E-state index >= 15 is 0 Å². The fourth-order valence-corrected chi connectivity index (χ4v) is 1.81. The Morgan fingerprint density at radius 1 is 1.24 bits per heavy atom. The Bertz CT molecular complexity index is 645. The summed E-state index contributed by atoms with van der Waals surface area (Å²) in [5.41, 5.74) is 0.238. The Morgan fingerprint density at radius 2 is 2.00 bits per heavy atom. The van der Waals surface area contributed by atoms with E-state index in [0.29, 0.717) is 16.5 Å². The van der Waals surface area contributed by atoms with Crippen molar-refractivity contribution in [2.75, 3.05) is 19.0 Å². The van der Waals surface area contributed by atoms with Crippen LogP contribution in [0.3, 0.4) is 0 Å². The number of anilines is 1. The highest BCUT2D eigenvalue weighted by Crippen LogP contribution is 2.26. The number of carbonyl (C=O) groups is 1. The molecule has 0 aromatic heterocycles. The van der Waals surface area contributed by atoms with Crippen molar-refractivity contribution >= 4 is 23.2 Å². The van der Waals surface area contributed by atoms with Crippen LogP contribution in [0.4, 0.5) is 5.69 Å². The standard InChI is InChI=1S/C15H14ClNO4/c1-20-11-3-2-4-12(8-11)21-9-15(19)17-13-7-10(16)5-6-14(13)18/h2-8,18H,9H2,1H3,(H,17,19). The van der Waals surface area contributed by atoms with Gasteiger partial charge in [-0.05, 0) is 30.3 Å². The number of nitrogens with one attached hydrogen (secondary N) is 1. The van der Waals surface area contributed by atoms with Crippen LogP contribution in [0.25, 0.3) is 0 Å². The van der Waals surface area contributed by atoms with E-state index in [1.165, 1.54) is 18.2 Å². The van der Waals surface area contributed by atoms with E-state index in [4.69, 9.17) is 21.1 Å². The van der Waals surface area contributed by atoms with Crippen LogP contribution >= 0.6 is 11.6 Å². The van der Waals surface area contributed by atoms with Gasteiger partial charge < -0.3 is 19.9 Å². The lowest BCUT2D eigenvalue weighted by Crippen LogP contribution is -2.20. The summed E-state index contributed by atoms with van der Waals surface area (Å²) in [6.45, 7) is -0.195. The van der Waals surface area contributed by atoms with Crippen LogP contribution in [0.5, 0.6) is 17.2 Å². The molecule has 0 heterocycles. The predicted molar refractivity (Wildman–Crippen MR) is 80.2 cm³/mol. The van der Waals surface area contributed by atoms with Gasteiger partial charge in [0.1, 0.15) is 17.2 Å². The molecule has 6 heteroatoms. The van der Waals surface area contributed by atoms with Gasteiger partial charge in [0.25, 0.3) is 5.91 Å². The number of phenols is 1. The molecule has 0 unspecified atom stereocenters. The number of phenolic OH excluding ortho intramolecular Hbond substituents is 1. The number of carbonyl (C=O) groups excluding carboxylic acids is 1. The second-order valence-electron chi connectivity index (χ2n) is 4.18. The first kappa shape index (κ1) is 15.0. The van der Waals surface area contributed by atoms with Gasteiger partial charge in [-0.2, -0.15) is 0 Å². The van der Waals surface area contributed by atoms with Crippen LogP contribution < -0.4 is 14.8 Å². The van der Waals surface area contributed by atoms with Gasteiger partial charge in [0, 0.05) is 11.1 Å². The zero-order chi connectivity index (χ0) is 15.2. The van der Waals surface area contributed by atoms with E-state index in [2.05, 4.69) is 5.32 Å². The summed E-state index contributed by atoms with van der Waals surface area (Å²) in [7, 11) is 1.55. The summed E-state index contributed by atoms with van der Waals surface area (Å²) >= 11 is 5.80. The Balaban J connectivity index is 1.94. The molecule has 0 spiro atoms. The van der Waals surface area contributed by atoms with Crippen LogP contribution in [-0.4, -0.2) is 24.7 Å². The molecule has 2 N–H and O–H groups in total. The van der Waals surface area contributed by atoms with E-state index in [9.17, 15) is 9.90 Å². The second-order valence-corrected chi connectivity index (χ2v) is 4.61. The third kappa shape index (κ3) is 4.29. The molecule has 0 aliphatic carbocycles. The largest absolute Gasteiger partial charge is 0.506 e. The zero-order valence-electron chi connectivity index (χ0n) is 11.3. The van der Waals surface area contributed by atoms with Gasteiger partial charge in [0.05, 0.1) is 12.8 Å². The summed E-state index contributed by atoms with van der Waals surface area (Å²) in [5.74, 6) is 0.685. The average molecular weight is 308 g/mol. The molecule has 0 aliphatic heterocycles. The van der Waals surface area contributed by atoms with Crippen LogP contribution in [0.1, 0.15) is 0 Å². The molecular weight excluding hydrogens is 294 g/mol. The van der Waals surface area contributed by atoms with E-state index in [1.807, 2.05) is 0 Å². The van der Waals surface area contributed by atoms with Crippen molar-refractivity contribution in [1.82, 2.24) is 0 Å². The summed E-state index contributed by atoms with van der Waals surface area (Å²) < 4.78 is 10.4. The topological polar surface area (TPSA) is 67.8 Å². The van der Waals surface area contributed by atoms with Gasteiger partial charge in [-0.25, -0.2) is 0 Å². The van der Waals surface area contributed by atoms with Crippen molar-refractivity contribution in [2.24, 2.45) is 0 Å². The molecule has 0 atom stereocenters. The van der Waals surface area contributed by atoms with Crippen LogP contribution in [0.15, 0.2) is 42.5 Å². The lowest BCUT2D eigenvalue weighted by atomic mass is 10.3. The Morgan fingerprint density at radius 3 is 2.76 bits per heavy atom. The first-order valence-corrected chi connectivity index (χ1v) is 6.51. The summed E-state index contributed by atoms with van der Waals surface area (Å²) in [5, 5.41) is 12.5. The molecule has 1 amide bonds. The minimum Gasteiger partial charge on any atom is -0.506 e. The highest BCUT2D eigenvalue weighted by Gasteiger charge is 2.08. The third-order valence-corrected chi connectivity index (χ3v) is 2.88. The molecule has 0 radical (unpaired) electrons. The molecule has 0 fully saturated rings. The lowest BCUT2D eigenvalue weighted by Gasteiger charge is -2.09. The van der Waals surface area contributed by atoms with Gasteiger partial charge in [-0.15, -0.1) is 0 Å². The molecule has 0 bridgehead atoms. The van der Waals surface area contributed by atoms with Crippen LogP contribution in [0, 0.1) is 0 Å². The fraction of sp³-hybridized carbons (Fsp3) is 0.133. The van der Waals surface area contributed by atoms with Crippen molar-refractivity contribution in [3.63, 3.8) is 0 Å². The minimum atomic E-state index is -0.407. The van der Waals surface area contributed by atoms with Crippen LogP contribution in [-0.2, 0) is 4.79 Å². The lowest BCUT2D eigenvalue weighted by molar-refractivity contribution is -0.118. The van der Waals surface area contributed by atoms with E-state index in [1.54, 1.807) is 31.4 Å². The van der Waals surface area contributed by atoms with Crippen molar-refractivity contribution in [2.45, 2.75) is 0 Å². The number of rotatable bonds is 5. The number of hydrogen-bond acceptors (Lipinski definition) is 4. The Labute approximate surface area is 127 Å². The van der Waals surface area contributed by atoms with E-state index < -0.39 is 5.91 Å². The molecule has 2 aromatic rings. The Hall–Kier alpha value is -2.40. The number of amides is 1. The number of methoxy groups -OCH3 is 1. The maximum atomic E-state index is 11.8. The van der Waals surface area contributed by atoms with Gasteiger partial charge >= 0.3 is 0 Å². The number of benzene rings is 2. The van der Waals surface area contributed by atoms with E-state index in [0.717, 1.165) is 0 Å². The van der Waals surface area contributed by atoms with Gasteiger partial charge in [0.2, 0.25) is 0 Å². The fourth-order valence-electron chi connectivity index (χ4n) is 1.63. The smallest absolute Gasteiger partial charge is 0.262 e. The molecule has 110 valence electrons. The number of hydrogen-bond donors (Lipinski definition) is 2. The predicted octanol–water partition coefficient (Wildman–Crippen LogP) is 3.07. The summed E-state index contributed by atoms with van der Waals surface area (Å²) in [6, 6.07) is 11.3. The SMILES string of the molecule is COc1cccc(OCC(=O)Nc2cc(Cl)ccc2O)c1. The number of aromatic hydroxyl groups is 1. The minimum absolute atomic E-state index is 0.0610. The monoisotopic (exact) mass is 307 g/mol. The maximum absolute atomic E-state index is 11.8. The molecule has 0 saturated carbocycles. The van der Waals surface area contributed by atoms with Gasteiger partial charge in [-0.3, -0.25) is 4.79 Å². The molecular formula is C15H14ClNO4. The van der Waals surface area contributed by atoms with Crippen molar-refractivity contribution in [3.8, 4) is 17.2 Å². The third-order valence-electron chi connectivity index (χ3n) is 2.64. The summed E-state index contributed by atoms with van der Waals surface area (Å²) in [4.78, 5) is 11.8. The quantitative estimate of drug-likeness (QED) is 0.833. The zero-order valence-corrected chi connectivity index (χ0v) is 12.1. The number of halogens is 1. The molecule has 21 heavy (non-hydrogen) atoms. The molecule has 2 rings (SSSR count). The molecule has 2 aromatic carbocycles. The molecule has 5 nitrogen and oxygen atoms in total. The van der Waals surface area contributed by atoms with E-state index in [-0.39, 0.29) is 18.0 Å². The first-order chi connectivity index (χ1) is 10.1. The van der Waals surface area contributed by atoms with Crippen molar-refractivity contribution in [1.29, 1.82) is 0 Å². The maximum Gasteiger partial charge on any atom is 0.262 e.